The number of nitrogens with one attached hydrogen (secondary N) is 1. The minimum absolute atomic E-state index is 0.0890. The largest absolute Gasteiger partial charge is 0.349 e. The van der Waals surface area contributed by atoms with Gasteiger partial charge in [-0.2, -0.15) is 0 Å². The number of pyridine rings is 1. The van der Waals surface area contributed by atoms with Crippen LogP contribution in [0.4, 0.5) is 18.9 Å². The van der Waals surface area contributed by atoms with E-state index in [-0.39, 0.29) is 29.0 Å². The lowest BCUT2D eigenvalue weighted by Crippen LogP contribution is -2.47. The highest BCUT2D eigenvalue weighted by Crippen LogP contribution is 2.32. The average molecular weight is 443 g/mol. The fourth-order valence-electron chi connectivity index (χ4n) is 3.97. The van der Waals surface area contributed by atoms with Crippen molar-refractivity contribution >= 4 is 24.0 Å². The van der Waals surface area contributed by atoms with E-state index in [1.807, 2.05) is 11.9 Å². The van der Waals surface area contributed by atoms with Crippen molar-refractivity contribution in [2.24, 2.45) is 4.99 Å². The van der Waals surface area contributed by atoms with Crippen LogP contribution in [-0.2, 0) is 0 Å². The third-order valence-corrected chi connectivity index (χ3v) is 5.88. The maximum absolute atomic E-state index is 15.0. The zero-order valence-electron chi connectivity index (χ0n) is 18.0. The number of aliphatic imine (C=N–C) groups is 1. The van der Waals surface area contributed by atoms with Gasteiger partial charge in [0.15, 0.2) is 11.5 Å². The van der Waals surface area contributed by atoms with E-state index in [1.54, 1.807) is 19.3 Å². The van der Waals surface area contributed by atoms with Gasteiger partial charge in [0.2, 0.25) is 0 Å². The standard InChI is InChI=1S/C23H24F3N5O/c1-14-11-31-12-16(10-19(25)21(31)29-14)15-8-17(20(27-2)18(24)9-15)22(32)28-13-23(26)4-6-30(3)7-5-23/h8-12H,2,4-7,13H2,1,3H3,(H,28,32). The number of imidazole rings is 1. The van der Waals surface area contributed by atoms with Gasteiger partial charge in [-0.1, -0.05) is 0 Å². The third-order valence-electron chi connectivity index (χ3n) is 5.88. The number of hydrogen-bond donors (Lipinski definition) is 1. The number of aryl methyl sites for hydroxylation is 1. The van der Waals surface area contributed by atoms with Crippen molar-refractivity contribution in [3.63, 3.8) is 0 Å². The quantitative estimate of drug-likeness (QED) is 0.605. The first-order valence-corrected chi connectivity index (χ1v) is 10.3. The highest BCUT2D eigenvalue weighted by atomic mass is 19.1. The molecule has 0 spiro atoms. The molecule has 6 nitrogen and oxygen atoms in total. The van der Waals surface area contributed by atoms with Crippen LogP contribution >= 0.6 is 0 Å². The predicted molar refractivity (Wildman–Crippen MR) is 117 cm³/mol. The highest BCUT2D eigenvalue weighted by molar-refractivity contribution is 6.00. The average Bonchev–Trinajstić information content (AvgIpc) is 3.14. The number of carbonyl (C=O) groups excluding carboxylic acids is 1. The fourth-order valence-corrected chi connectivity index (χ4v) is 3.97. The van der Waals surface area contributed by atoms with Crippen molar-refractivity contribution in [1.82, 2.24) is 19.6 Å². The molecule has 0 radical (unpaired) electrons. The van der Waals surface area contributed by atoms with E-state index in [9.17, 15) is 13.6 Å². The molecule has 3 heterocycles. The van der Waals surface area contributed by atoms with Crippen LogP contribution in [0.25, 0.3) is 16.8 Å². The van der Waals surface area contributed by atoms with Gasteiger partial charge in [0, 0.05) is 31.0 Å². The molecule has 168 valence electrons. The molecular formula is C23H24F3N5O. The van der Waals surface area contributed by atoms with Gasteiger partial charge < -0.3 is 14.6 Å². The third kappa shape index (κ3) is 4.25. The second-order valence-corrected chi connectivity index (χ2v) is 8.34. The molecular weight excluding hydrogens is 419 g/mol. The molecule has 0 atom stereocenters. The van der Waals surface area contributed by atoms with Gasteiger partial charge >= 0.3 is 0 Å². The van der Waals surface area contributed by atoms with Crippen molar-refractivity contribution in [2.45, 2.75) is 25.4 Å². The van der Waals surface area contributed by atoms with Gasteiger partial charge in [0.25, 0.3) is 5.91 Å². The molecule has 4 rings (SSSR count). The first kappa shape index (κ1) is 22.0. The summed E-state index contributed by atoms with van der Waals surface area (Å²) in [5, 5.41) is 2.57. The predicted octanol–water partition coefficient (Wildman–Crippen LogP) is 4.08. The molecule has 1 amide bonds. The van der Waals surface area contributed by atoms with Gasteiger partial charge in [-0.25, -0.2) is 18.2 Å². The topological polar surface area (TPSA) is 62.0 Å². The summed E-state index contributed by atoms with van der Waals surface area (Å²) in [6, 6.07) is 3.81. The van der Waals surface area contributed by atoms with Gasteiger partial charge in [-0.3, -0.25) is 9.79 Å². The van der Waals surface area contributed by atoms with Crippen molar-refractivity contribution < 1.29 is 18.0 Å². The van der Waals surface area contributed by atoms with E-state index in [2.05, 4.69) is 22.0 Å². The van der Waals surface area contributed by atoms with E-state index in [4.69, 9.17) is 0 Å². The number of likely N-dealkylation sites (tertiary alicyclic amines) is 1. The summed E-state index contributed by atoms with van der Waals surface area (Å²) in [6.45, 7) is 6.09. The number of rotatable bonds is 5. The summed E-state index contributed by atoms with van der Waals surface area (Å²) >= 11 is 0. The second-order valence-electron chi connectivity index (χ2n) is 8.34. The summed E-state index contributed by atoms with van der Waals surface area (Å²) in [4.78, 5) is 22.6. The lowest BCUT2D eigenvalue weighted by atomic mass is 9.93. The van der Waals surface area contributed by atoms with Gasteiger partial charge in [0.1, 0.15) is 17.2 Å². The van der Waals surface area contributed by atoms with Crippen molar-refractivity contribution in [1.29, 1.82) is 0 Å². The number of alkyl halides is 1. The Kier molecular flexibility index (Phi) is 5.77. The Morgan fingerprint density at radius 1 is 1.19 bits per heavy atom. The first-order valence-electron chi connectivity index (χ1n) is 10.3. The van der Waals surface area contributed by atoms with Crippen molar-refractivity contribution in [3.8, 4) is 11.1 Å². The van der Waals surface area contributed by atoms with E-state index in [1.165, 1.54) is 22.6 Å². The molecule has 32 heavy (non-hydrogen) atoms. The maximum atomic E-state index is 15.0. The molecule has 3 aromatic rings. The SMILES string of the molecule is C=Nc1c(F)cc(-c2cc(F)c3nc(C)cn3c2)cc1C(=O)NCC1(F)CCN(C)CC1. The highest BCUT2D eigenvalue weighted by Gasteiger charge is 2.34. The number of benzene rings is 1. The summed E-state index contributed by atoms with van der Waals surface area (Å²) in [6.07, 6.45) is 3.85. The fraction of sp³-hybridized carbons (Fsp3) is 0.348. The van der Waals surface area contributed by atoms with E-state index < -0.39 is 23.2 Å². The van der Waals surface area contributed by atoms with Crippen LogP contribution in [0.2, 0.25) is 0 Å². The summed E-state index contributed by atoms with van der Waals surface area (Å²) in [5.74, 6) is -2.02. The van der Waals surface area contributed by atoms with Crippen LogP contribution in [0, 0.1) is 18.6 Å². The van der Waals surface area contributed by atoms with Gasteiger partial charge in [0.05, 0.1) is 17.8 Å². The number of halogens is 3. The Labute approximate surface area is 183 Å². The molecule has 2 aromatic heterocycles. The van der Waals surface area contributed by atoms with E-state index >= 15 is 4.39 Å². The number of carbonyl (C=O) groups is 1. The minimum atomic E-state index is -1.52. The Balaban J connectivity index is 1.65. The molecule has 1 aliphatic heterocycles. The number of piperidine rings is 1. The summed E-state index contributed by atoms with van der Waals surface area (Å²) < 4.78 is 45.8. The Morgan fingerprint density at radius 2 is 1.88 bits per heavy atom. The molecule has 1 aromatic carbocycles. The van der Waals surface area contributed by atoms with Crippen molar-refractivity contribution in [3.05, 3.63) is 53.5 Å². The smallest absolute Gasteiger partial charge is 0.253 e. The van der Waals surface area contributed by atoms with Crippen LogP contribution in [0.3, 0.4) is 0 Å². The van der Waals surface area contributed by atoms with Crippen LogP contribution in [-0.4, -0.2) is 59.3 Å². The summed E-state index contributed by atoms with van der Waals surface area (Å²) in [7, 11) is 1.92. The summed E-state index contributed by atoms with van der Waals surface area (Å²) in [5.41, 5.74) is -0.424. The number of aromatic nitrogens is 2. The molecule has 1 saturated heterocycles. The van der Waals surface area contributed by atoms with Crippen LogP contribution in [0.5, 0.6) is 0 Å². The number of fused-ring (bicyclic) bond motifs is 1. The second kappa shape index (κ2) is 8.38. The molecule has 0 saturated carbocycles. The van der Waals surface area contributed by atoms with Crippen LogP contribution < -0.4 is 5.32 Å². The van der Waals surface area contributed by atoms with Crippen molar-refractivity contribution in [2.75, 3.05) is 26.7 Å². The number of hydrogen-bond acceptors (Lipinski definition) is 4. The van der Waals surface area contributed by atoms with Crippen LogP contribution in [0.15, 0.2) is 35.6 Å². The van der Waals surface area contributed by atoms with E-state index in [0.29, 0.717) is 37.2 Å². The van der Waals surface area contributed by atoms with Gasteiger partial charge in [-0.15, -0.1) is 0 Å². The maximum Gasteiger partial charge on any atom is 0.253 e. The molecule has 0 bridgehead atoms. The molecule has 0 unspecified atom stereocenters. The molecule has 9 heteroatoms. The Morgan fingerprint density at radius 3 is 2.56 bits per heavy atom. The Bertz CT molecular complexity index is 1200. The van der Waals surface area contributed by atoms with Gasteiger partial charge in [-0.05, 0) is 57.3 Å². The zero-order valence-corrected chi connectivity index (χ0v) is 18.0. The molecule has 1 fully saturated rings. The van der Waals surface area contributed by atoms with Crippen LogP contribution in [0.1, 0.15) is 28.9 Å². The first-order chi connectivity index (χ1) is 15.2. The molecule has 1 aliphatic rings. The Hall–Kier alpha value is -3.20. The lowest BCUT2D eigenvalue weighted by Gasteiger charge is -2.34. The number of nitrogens with zero attached hydrogens (tertiary/aromatic N) is 4. The molecule has 1 N–H and O–H groups in total. The lowest BCUT2D eigenvalue weighted by molar-refractivity contribution is 0.0630. The monoisotopic (exact) mass is 443 g/mol. The minimum Gasteiger partial charge on any atom is -0.349 e. The van der Waals surface area contributed by atoms with E-state index in [0.717, 1.165) is 0 Å². The number of amides is 1. The molecule has 0 aliphatic carbocycles. The zero-order chi connectivity index (χ0) is 23.0. The normalized spacial score (nSPS) is 16.3.